The van der Waals surface area contributed by atoms with Gasteiger partial charge in [-0.15, -0.1) is 0 Å². The van der Waals surface area contributed by atoms with E-state index in [1.165, 1.54) is 4.57 Å². The highest BCUT2D eigenvalue weighted by Crippen LogP contribution is 2.13. The molecular weight excluding hydrogens is 348 g/mol. The Bertz CT molecular complexity index is 715. The van der Waals surface area contributed by atoms with Crippen LogP contribution in [0.15, 0.2) is 34.9 Å². The summed E-state index contributed by atoms with van der Waals surface area (Å²) in [6.45, 7) is 0. The second kappa shape index (κ2) is 6.04. The number of amides is 2. The molecule has 0 aliphatic heterocycles. The largest absolute Gasteiger partial charge is 0.345 e. The molecule has 0 aliphatic rings. The van der Waals surface area contributed by atoms with Crippen molar-refractivity contribution in [1.29, 1.82) is 0 Å². The van der Waals surface area contributed by atoms with Crippen molar-refractivity contribution < 1.29 is 18.4 Å². The molecule has 0 aliphatic carbocycles. The van der Waals surface area contributed by atoms with Crippen LogP contribution < -0.4 is 10.9 Å². The lowest BCUT2D eigenvalue weighted by atomic mass is 10.2. The molecule has 2 aromatic rings. The van der Waals surface area contributed by atoms with Crippen molar-refractivity contribution >= 4 is 27.7 Å². The highest BCUT2D eigenvalue weighted by atomic mass is 79.9. The lowest BCUT2D eigenvalue weighted by Gasteiger charge is -2.08. The zero-order valence-corrected chi connectivity index (χ0v) is 12.4. The summed E-state index contributed by atoms with van der Waals surface area (Å²) in [5, 5.41) is 0. The number of hydrogen-bond acceptors (Lipinski definition) is 2. The zero-order chi connectivity index (χ0) is 15.6. The quantitative estimate of drug-likeness (QED) is 0.808. The number of nitrogens with one attached hydrogen (secondary N) is 2. The van der Waals surface area contributed by atoms with Gasteiger partial charge >= 0.3 is 0 Å². The van der Waals surface area contributed by atoms with Gasteiger partial charge in [0.2, 0.25) is 0 Å². The number of halogens is 3. The van der Waals surface area contributed by atoms with Crippen LogP contribution in [0.1, 0.15) is 20.8 Å². The van der Waals surface area contributed by atoms with E-state index in [1.54, 1.807) is 19.3 Å². The van der Waals surface area contributed by atoms with Gasteiger partial charge in [-0.25, -0.2) is 8.78 Å². The molecule has 0 spiro atoms. The van der Waals surface area contributed by atoms with Crippen molar-refractivity contribution in [3.8, 4) is 0 Å². The highest BCUT2D eigenvalue weighted by molar-refractivity contribution is 9.10. The third-order valence-corrected chi connectivity index (χ3v) is 3.10. The maximum absolute atomic E-state index is 13.4. The van der Waals surface area contributed by atoms with E-state index in [0.717, 1.165) is 18.2 Å². The molecule has 0 saturated heterocycles. The van der Waals surface area contributed by atoms with Gasteiger partial charge in [-0.1, -0.05) is 0 Å². The summed E-state index contributed by atoms with van der Waals surface area (Å²) in [5.74, 6) is -3.18. The third kappa shape index (κ3) is 3.46. The first-order valence-electron chi connectivity index (χ1n) is 5.76. The van der Waals surface area contributed by atoms with E-state index < -0.39 is 29.0 Å². The van der Waals surface area contributed by atoms with E-state index in [9.17, 15) is 18.4 Å². The molecule has 2 amide bonds. The number of aryl methyl sites for hydroxylation is 1. The molecule has 0 fully saturated rings. The molecule has 1 heterocycles. The summed E-state index contributed by atoms with van der Waals surface area (Å²) >= 11 is 3.21. The predicted molar refractivity (Wildman–Crippen MR) is 74.4 cm³/mol. The van der Waals surface area contributed by atoms with E-state index >= 15 is 0 Å². The van der Waals surface area contributed by atoms with Crippen LogP contribution in [0, 0.1) is 11.6 Å². The van der Waals surface area contributed by atoms with E-state index in [2.05, 4.69) is 21.4 Å². The molecule has 2 N–H and O–H groups in total. The average molecular weight is 358 g/mol. The minimum absolute atomic E-state index is 0.280. The molecule has 0 saturated carbocycles. The Labute approximate surface area is 127 Å². The molecule has 1 aromatic carbocycles. The molecule has 21 heavy (non-hydrogen) atoms. The van der Waals surface area contributed by atoms with Gasteiger partial charge in [0.1, 0.15) is 17.3 Å². The van der Waals surface area contributed by atoms with Gasteiger partial charge in [-0.2, -0.15) is 0 Å². The summed E-state index contributed by atoms with van der Waals surface area (Å²) in [6, 6.07) is 4.02. The Balaban J connectivity index is 2.06. The molecular formula is C13H10BrF2N3O2. The van der Waals surface area contributed by atoms with E-state index in [4.69, 9.17) is 0 Å². The van der Waals surface area contributed by atoms with Crippen LogP contribution >= 0.6 is 15.9 Å². The van der Waals surface area contributed by atoms with Crippen LogP contribution in [-0.4, -0.2) is 16.4 Å². The standard InChI is InChI=1S/C13H10BrF2N3O2/c1-19-6-7(14)4-11(19)13(21)18-17-12(20)9-5-8(15)2-3-10(9)16/h2-6H,1H3,(H,17,20)(H,18,21). The number of hydrogen-bond donors (Lipinski definition) is 2. The van der Waals surface area contributed by atoms with Gasteiger partial charge in [0.15, 0.2) is 0 Å². The second-order valence-electron chi connectivity index (χ2n) is 4.19. The maximum atomic E-state index is 13.4. The zero-order valence-electron chi connectivity index (χ0n) is 10.8. The molecule has 0 atom stereocenters. The van der Waals surface area contributed by atoms with Gasteiger partial charge in [0, 0.05) is 17.7 Å². The Kier molecular flexibility index (Phi) is 4.37. The fraction of sp³-hybridized carbons (Fsp3) is 0.0769. The summed E-state index contributed by atoms with van der Waals surface area (Å²) in [5.41, 5.74) is 3.94. The topological polar surface area (TPSA) is 63.1 Å². The predicted octanol–water partition coefficient (Wildman–Crippen LogP) is 2.14. The third-order valence-electron chi connectivity index (χ3n) is 2.67. The molecule has 8 heteroatoms. The highest BCUT2D eigenvalue weighted by Gasteiger charge is 2.15. The Morgan fingerprint density at radius 2 is 1.81 bits per heavy atom. The summed E-state index contributed by atoms with van der Waals surface area (Å²) in [7, 11) is 1.65. The van der Waals surface area contributed by atoms with E-state index in [1.807, 2.05) is 5.43 Å². The summed E-state index contributed by atoms with van der Waals surface area (Å²) in [4.78, 5) is 23.5. The van der Waals surface area contributed by atoms with Crippen molar-refractivity contribution in [3.63, 3.8) is 0 Å². The average Bonchev–Trinajstić information content (AvgIpc) is 2.77. The Morgan fingerprint density at radius 1 is 1.14 bits per heavy atom. The van der Waals surface area contributed by atoms with Gasteiger partial charge in [-0.05, 0) is 40.2 Å². The minimum atomic E-state index is -0.950. The number of benzene rings is 1. The SMILES string of the molecule is Cn1cc(Br)cc1C(=O)NNC(=O)c1cc(F)ccc1F. The van der Waals surface area contributed by atoms with Crippen molar-refractivity contribution in [1.82, 2.24) is 15.4 Å². The van der Waals surface area contributed by atoms with E-state index in [0.29, 0.717) is 4.47 Å². The number of rotatable bonds is 2. The molecule has 0 unspecified atom stereocenters. The molecule has 5 nitrogen and oxygen atoms in total. The fourth-order valence-corrected chi connectivity index (χ4v) is 2.19. The Morgan fingerprint density at radius 3 is 2.43 bits per heavy atom. The van der Waals surface area contributed by atoms with Crippen molar-refractivity contribution in [2.75, 3.05) is 0 Å². The Hall–Kier alpha value is -2.22. The lowest BCUT2D eigenvalue weighted by Crippen LogP contribution is -2.42. The van der Waals surface area contributed by atoms with Crippen molar-refractivity contribution in [3.05, 3.63) is 57.8 Å². The summed E-state index contributed by atoms with van der Waals surface area (Å²) < 4.78 is 28.6. The van der Waals surface area contributed by atoms with Gasteiger partial charge in [0.25, 0.3) is 11.8 Å². The van der Waals surface area contributed by atoms with Crippen LogP contribution in [0.2, 0.25) is 0 Å². The first kappa shape index (κ1) is 15.2. The molecule has 0 radical (unpaired) electrons. The van der Waals surface area contributed by atoms with Crippen LogP contribution in [0.4, 0.5) is 8.78 Å². The first-order chi connectivity index (χ1) is 9.88. The van der Waals surface area contributed by atoms with Gasteiger partial charge < -0.3 is 4.57 Å². The van der Waals surface area contributed by atoms with Crippen LogP contribution in [0.25, 0.3) is 0 Å². The molecule has 110 valence electrons. The van der Waals surface area contributed by atoms with Crippen molar-refractivity contribution in [2.24, 2.45) is 7.05 Å². The van der Waals surface area contributed by atoms with Gasteiger partial charge in [-0.3, -0.25) is 20.4 Å². The van der Waals surface area contributed by atoms with Gasteiger partial charge in [0.05, 0.1) is 5.56 Å². The monoisotopic (exact) mass is 357 g/mol. The minimum Gasteiger partial charge on any atom is -0.345 e. The molecule has 1 aromatic heterocycles. The number of nitrogens with zero attached hydrogens (tertiary/aromatic N) is 1. The number of hydrazine groups is 1. The number of aromatic nitrogens is 1. The van der Waals surface area contributed by atoms with Crippen LogP contribution in [-0.2, 0) is 7.05 Å². The number of carbonyl (C=O) groups is 2. The van der Waals surface area contributed by atoms with E-state index in [-0.39, 0.29) is 5.69 Å². The maximum Gasteiger partial charge on any atom is 0.286 e. The lowest BCUT2D eigenvalue weighted by molar-refractivity contribution is 0.0839. The van der Waals surface area contributed by atoms with Crippen LogP contribution in [0.5, 0.6) is 0 Å². The smallest absolute Gasteiger partial charge is 0.286 e. The normalized spacial score (nSPS) is 10.3. The fourth-order valence-electron chi connectivity index (χ4n) is 1.67. The summed E-state index contributed by atoms with van der Waals surface area (Å²) in [6.07, 6.45) is 1.66. The number of carbonyl (C=O) groups excluding carboxylic acids is 2. The second-order valence-corrected chi connectivity index (χ2v) is 5.10. The van der Waals surface area contributed by atoms with Crippen molar-refractivity contribution in [2.45, 2.75) is 0 Å². The van der Waals surface area contributed by atoms with Crippen LogP contribution in [0.3, 0.4) is 0 Å². The molecule has 0 bridgehead atoms. The molecule has 2 rings (SSSR count). The first-order valence-corrected chi connectivity index (χ1v) is 6.55.